The number of piperazine rings is 1. The Kier molecular flexibility index (Phi) is 3.19. The predicted octanol–water partition coefficient (Wildman–Crippen LogP) is 2.51. The normalized spacial score (nSPS) is 20.8. The van der Waals surface area contributed by atoms with E-state index >= 15 is 0 Å². The average Bonchev–Trinajstić information content (AvgIpc) is 3.28. The highest BCUT2D eigenvalue weighted by atomic mass is 79.9. The number of pyridine rings is 1. The van der Waals surface area contributed by atoms with Crippen LogP contribution >= 0.6 is 15.9 Å². The lowest BCUT2D eigenvalue weighted by Crippen LogP contribution is -2.47. The number of hydrogen-bond acceptors (Lipinski definition) is 3. The Morgan fingerprint density at radius 2 is 1.95 bits per heavy atom. The summed E-state index contributed by atoms with van der Waals surface area (Å²) < 4.78 is 2.19. The predicted molar refractivity (Wildman–Crippen MR) is 84.6 cm³/mol. The summed E-state index contributed by atoms with van der Waals surface area (Å²) in [5.41, 5.74) is 2.31. The van der Waals surface area contributed by atoms with Crippen molar-refractivity contribution in [2.24, 2.45) is 0 Å². The van der Waals surface area contributed by atoms with Crippen LogP contribution in [0.1, 0.15) is 18.5 Å². The van der Waals surface area contributed by atoms with Crippen molar-refractivity contribution in [3.05, 3.63) is 30.1 Å². The molecule has 0 unspecified atom stereocenters. The SMILES string of the molecule is BrCc1c(N2CCN(C3CC3)CC2)nc2ccccn12. The smallest absolute Gasteiger partial charge is 0.152 e. The van der Waals surface area contributed by atoms with E-state index in [-0.39, 0.29) is 0 Å². The minimum atomic E-state index is 0.844. The van der Waals surface area contributed by atoms with Crippen LogP contribution in [0.2, 0.25) is 0 Å². The van der Waals surface area contributed by atoms with Crippen molar-refractivity contribution in [3.63, 3.8) is 0 Å². The minimum absolute atomic E-state index is 0.844. The Morgan fingerprint density at radius 1 is 1.15 bits per heavy atom. The summed E-state index contributed by atoms with van der Waals surface area (Å²) in [6.07, 6.45) is 4.91. The summed E-state index contributed by atoms with van der Waals surface area (Å²) in [6.45, 7) is 4.56. The molecule has 4 nitrogen and oxygen atoms in total. The Balaban J connectivity index is 1.61. The van der Waals surface area contributed by atoms with Gasteiger partial charge in [0.05, 0.1) is 5.69 Å². The number of hydrogen-bond donors (Lipinski definition) is 0. The summed E-state index contributed by atoms with van der Waals surface area (Å²) in [5, 5.41) is 0.844. The molecule has 0 N–H and O–H groups in total. The number of nitrogens with zero attached hydrogens (tertiary/aromatic N) is 4. The van der Waals surface area contributed by atoms with Gasteiger partial charge in [0.15, 0.2) is 5.82 Å². The first-order valence-electron chi connectivity index (χ1n) is 7.38. The Bertz CT molecular complexity index is 611. The largest absolute Gasteiger partial charge is 0.352 e. The third-order valence-electron chi connectivity index (χ3n) is 4.41. The van der Waals surface area contributed by atoms with Crippen molar-refractivity contribution in [1.82, 2.24) is 14.3 Å². The van der Waals surface area contributed by atoms with E-state index in [1.165, 1.54) is 31.6 Å². The van der Waals surface area contributed by atoms with E-state index in [2.05, 4.69) is 54.5 Å². The van der Waals surface area contributed by atoms with E-state index in [9.17, 15) is 0 Å². The molecule has 1 saturated heterocycles. The summed E-state index contributed by atoms with van der Waals surface area (Å²) in [7, 11) is 0. The van der Waals surface area contributed by atoms with E-state index in [1.807, 2.05) is 0 Å². The van der Waals surface area contributed by atoms with Crippen molar-refractivity contribution in [1.29, 1.82) is 0 Å². The van der Waals surface area contributed by atoms with Crippen molar-refractivity contribution in [2.75, 3.05) is 31.1 Å². The molecular weight excluding hydrogens is 316 g/mol. The maximum absolute atomic E-state index is 4.83. The van der Waals surface area contributed by atoms with Gasteiger partial charge in [0.2, 0.25) is 0 Å². The molecule has 0 radical (unpaired) electrons. The zero-order valence-corrected chi connectivity index (χ0v) is 13.1. The lowest BCUT2D eigenvalue weighted by Gasteiger charge is -2.35. The highest BCUT2D eigenvalue weighted by Gasteiger charge is 2.32. The lowest BCUT2D eigenvalue weighted by molar-refractivity contribution is 0.247. The first-order valence-corrected chi connectivity index (χ1v) is 8.50. The van der Waals surface area contributed by atoms with Gasteiger partial charge in [-0.1, -0.05) is 22.0 Å². The van der Waals surface area contributed by atoms with Crippen molar-refractivity contribution >= 4 is 27.4 Å². The van der Waals surface area contributed by atoms with Crippen molar-refractivity contribution in [3.8, 4) is 0 Å². The van der Waals surface area contributed by atoms with Gasteiger partial charge in [-0.25, -0.2) is 4.98 Å². The van der Waals surface area contributed by atoms with Crippen LogP contribution in [0.4, 0.5) is 5.82 Å². The fourth-order valence-electron chi connectivity index (χ4n) is 3.15. The molecule has 0 spiro atoms. The number of halogens is 1. The van der Waals surface area contributed by atoms with E-state index in [1.54, 1.807) is 0 Å². The van der Waals surface area contributed by atoms with Gasteiger partial charge in [0.1, 0.15) is 5.65 Å². The van der Waals surface area contributed by atoms with Crippen LogP contribution in [-0.4, -0.2) is 46.5 Å². The molecule has 106 valence electrons. The molecule has 2 aromatic heterocycles. The second-order valence-electron chi connectivity index (χ2n) is 5.70. The van der Waals surface area contributed by atoms with Gasteiger partial charge in [-0.2, -0.15) is 0 Å². The maximum Gasteiger partial charge on any atom is 0.152 e. The molecule has 0 atom stereocenters. The van der Waals surface area contributed by atoms with Crippen molar-refractivity contribution < 1.29 is 0 Å². The Labute approximate surface area is 127 Å². The van der Waals surface area contributed by atoms with Gasteiger partial charge in [-0.3, -0.25) is 4.90 Å². The quantitative estimate of drug-likeness (QED) is 0.806. The topological polar surface area (TPSA) is 23.8 Å². The molecule has 20 heavy (non-hydrogen) atoms. The summed E-state index contributed by atoms with van der Waals surface area (Å²) in [6, 6.07) is 7.08. The highest BCUT2D eigenvalue weighted by Crippen LogP contribution is 2.30. The first kappa shape index (κ1) is 12.7. The molecule has 5 heteroatoms. The third-order valence-corrected chi connectivity index (χ3v) is 4.94. The first-order chi connectivity index (χ1) is 9.86. The summed E-state index contributed by atoms with van der Waals surface area (Å²) in [4.78, 5) is 9.92. The zero-order valence-electron chi connectivity index (χ0n) is 11.5. The number of anilines is 1. The Hall–Kier alpha value is -1.07. The van der Waals surface area contributed by atoms with Gasteiger partial charge in [-0.15, -0.1) is 0 Å². The van der Waals surface area contributed by atoms with Crippen LogP contribution in [0.25, 0.3) is 5.65 Å². The minimum Gasteiger partial charge on any atom is -0.352 e. The third kappa shape index (κ3) is 2.13. The molecule has 0 bridgehead atoms. The van der Waals surface area contributed by atoms with Gasteiger partial charge in [-0.05, 0) is 25.0 Å². The molecule has 0 aromatic carbocycles. The van der Waals surface area contributed by atoms with Crippen LogP contribution in [0.3, 0.4) is 0 Å². The van der Waals surface area contributed by atoms with Crippen LogP contribution in [0, 0.1) is 0 Å². The molecular formula is C15H19BrN4. The number of rotatable bonds is 3. The van der Waals surface area contributed by atoms with E-state index in [0.29, 0.717) is 0 Å². The fourth-order valence-corrected chi connectivity index (χ4v) is 3.67. The van der Waals surface area contributed by atoms with Crippen molar-refractivity contribution in [2.45, 2.75) is 24.2 Å². The molecule has 2 aliphatic rings. The van der Waals surface area contributed by atoms with E-state index < -0.39 is 0 Å². The molecule has 1 aliphatic carbocycles. The van der Waals surface area contributed by atoms with Gasteiger partial charge in [0.25, 0.3) is 0 Å². The molecule has 1 saturated carbocycles. The Morgan fingerprint density at radius 3 is 2.65 bits per heavy atom. The molecule has 3 heterocycles. The standard InChI is InChI=1S/C15H19BrN4/c16-11-13-15(17-14-3-1-2-6-20(13)14)19-9-7-18(8-10-19)12-4-5-12/h1-3,6,12H,4-5,7-11H2. The number of fused-ring (bicyclic) bond motifs is 1. The number of aromatic nitrogens is 2. The second kappa shape index (κ2) is 5.04. The van der Waals surface area contributed by atoms with Crippen LogP contribution in [-0.2, 0) is 5.33 Å². The van der Waals surface area contributed by atoms with E-state index in [4.69, 9.17) is 4.98 Å². The van der Waals surface area contributed by atoms with Crippen LogP contribution in [0.5, 0.6) is 0 Å². The lowest BCUT2D eigenvalue weighted by atomic mass is 10.3. The second-order valence-corrected chi connectivity index (χ2v) is 6.26. The molecule has 4 rings (SSSR count). The highest BCUT2D eigenvalue weighted by molar-refractivity contribution is 9.08. The maximum atomic E-state index is 4.83. The summed E-state index contributed by atoms with van der Waals surface area (Å²) >= 11 is 3.62. The van der Waals surface area contributed by atoms with E-state index in [0.717, 1.165) is 35.9 Å². The monoisotopic (exact) mass is 334 g/mol. The van der Waals surface area contributed by atoms with Gasteiger partial charge < -0.3 is 9.30 Å². The molecule has 1 aliphatic heterocycles. The molecule has 0 amide bonds. The zero-order chi connectivity index (χ0) is 13.5. The molecule has 2 aromatic rings. The van der Waals surface area contributed by atoms with Gasteiger partial charge in [0, 0.05) is 43.7 Å². The number of alkyl halides is 1. The van der Waals surface area contributed by atoms with Crippen LogP contribution in [0.15, 0.2) is 24.4 Å². The van der Waals surface area contributed by atoms with Gasteiger partial charge >= 0.3 is 0 Å². The average molecular weight is 335 g/mol. The molecule has 2 fully saturated rings. The van der Waals surface area contributed by atoms with Crippen LogP contribution < -0.4 is 4.90 Å². The summed E-state index contributed by atoms with van der Waals surface area (Å²) in [5.74, 6) is 1.16. The number of imidazole rings is 1. The fraction of sp³-hybridized carbons (Fsp3) is 0.533.